The zero-order valence-electron chi connectivity index (χ0n) is 17.5. The van der Waals surface area contributed by atoms with Crippen LogP contribution in [-0.4, -0.2) is 15.8 Å². The first-order valence-corrected chi connectivity index (χ1v) is 10.6. The second-order valence-corrected chi connectivity index (χ2v) is 8.16. The molecular weight excluding hydrogens is 520 g/mol. The lowest BCUT2D eigenvalue weighted by atomic mass is 9.96. The van der Waals surface area contributed by atoms with Crippen LogP contribution >= 0.6 is 15.9 Å². The van der Waals surface area contributed by atoms with Crippen molar-refractivity contribution in [2.24, 2.45) is 0 Å². The predicted molar refractivity (Wildman–Crippen MR) is 126 cm³/mol. The minimum Gasteiger partial charge on any atom is -0.457 e. The lowest BCUT2D eigenvalue weighted by Gasteiger charge is -2.11. The maximum atomic E-state index is 13.1. The molecule has 10 nitrogen and oxygen atoms in total. The van der Waals surface area contributed by atoms with E-state index in [1.54, 1.807) is 36.4 Å². The molecule has 0 saturated heterocycles. The summed E-state index contributed by atoms with van der Waals surface area (Å²) < 4.78 is 6.14. The largest absolute Gasteiger partial charge is 0.457 e. The molecule has 0 radical (unpaired) electrons. The maximum absolute atomic E-state index is 13.1. The number of nitrogens with zero attached hydrogens (tertiary/aromatic N) is 4. The van der Waals surface area contributed by atoms with Gasteiger partial charge in [-0.15, -0.1) is 0 Å². The van der Waals surface area contributed by atoms with E-state index in [1.165, 1.54) is 18.2 Å². The number of nitriles is 2. The molecule has 0 aromatic heterocycles. The Balaban J connectivity index is 1.95. The van der Waals surface area contributed by atoms with Gasteiger partial charge in [0.15, 0.2) is 0 Å². The van der Waals surface area contributed by atoms with Crippen LogP contribution in [-0.2, 0) is 11.3 Å². The van der Waals surface area contributed by atoms with Crippen molar-refractivity contribution < 1.29 is 19.4 Å². The van der Waals surface area contributed by atoms with Crippen LogP contribution in [0.4, 0.5) is 11.4 Å². The first-order chi connectivity index (χ1) is 16.8. The number of carbonyl (C=O) groups is 1. The number of non-ortho nitro benzene ring substituents is 2. The number of ether oxygens (including phenoxy) is 1. The molecule has 4 rings (SSSR count). The zero-order chi connectivity index (χ0) is 25.3. The smallest absolute Gasteiger partial charge is 0.339 e. The van der Waals surface area contributed by atoms with Crippen molar-refractivity contribution in [3.8, 4) is 23.3 Å². The van der Waals surface area contributed by atoms with E-state index in [2.05, 4.69) is 15.9 Å². The number of hydrogen-bond donors (Lipinski definition) is 0. The quantitative estimate of drug-likeness (QED) is 0.142. The van der Waals surface area contributed by atoms with Gasteiger partial charge in [0.25, 0.3) is 11.4 Å². The minimum absolute atomic E-state index is 0.0211. The first-order valence-electron chi connectivity index (χ1n) is 9.83. The fourth-order valence-electron chi connectivity index (χ4n) is 3.84. The summed E-state index contributed by atoms with van der Waals surface area (Å²) in [7, 11) is 0. The molecule has 0 N–H and O–H groups in total. The third-order valence-corrected chi connectivity index (χ3v) is 6.14. The highest BCUT2D eigenvalue weighted by Crippen LogP contribution is 2.49. The number of carbonyl (C=O) groups excluding carboxylic acids is 1. The van der Waals surface area contributed by atoms with Crippen LogP contribution < -0.4 is 0 Å². The number of fused-ring (bicyclic) bond motifs is 3. The fraction of sp³-hybridized carbons (Fsp3) is 0.0417. The molecule has 0 bridgehead atoms. The van der Waals surface area contributed by atoms with Crippen molar-refractivity contribution in [3.05, 3.63) is 107 Å². The van der Waals surface area contributed by atoms with Gasteiger partial charge in [-0.3, -0.25) is 20.2 Å². The van der Waals surface area contributed by atoms with E-state index in [-0.39, 0.29) is 40.1 Å². The van der Waals surface area contributed by atoms with E-state index in [4.69, 9.17) is 4.74 Å². The molecule has 1 aliphatic rings. The molecule has 0 aliphatic heterocycles. The Labute approximate surface area is 205 Å². The number of hydrogen-bond acceptors (Lipinski definition) is 8. The second kappa shape index (κ2) is 9.17. The topological polar surface area (TPSA) is 160 Å². The van der Waals surface area contributed by atoms with Gasteiger partial charge in [0.2, 0.25) is 0 Å². The Hall–Kier alpha value is -4.87. The van der Waals surface area contributed by atoms with Gasteiger partial charge in [-0.1, -0.05) is 34.1 Å². The molecule has 1 aliphatic carbocycles. The molecule has 0 amide bonds. The van der Waals surface area contributed by atoms with Gasteiger partial charge < -0.3 is 4.74 Å². The normalized spacial score (nSPS) is 11.0. The van der Waals surface area contributed by atoms with E-state index in [0.717, 1.165) is 12.1 Å². The number of allylic oxidation sites excluding steroid dienone is 1. The molecule has 35 heavy (non-hydrogen) atoms. The Morgan fingerprint density at radius 3 is 2.20 bits per heavy atom. The van der Waals surface area contributed by atoms with Gasteiger partial charge in [-0.25, -0.2) is 4.79 Å². The maximum Gasteiger partial charge on any atom is 0.339 e. The van der Waals surface area contributed by atoms with E-state index >= 15 is 0 Å². The van der Waals surface area contributed by atoms with Crippen LogP contribution in [0.3, 0.4) is 0 Å². The monoisotopic (exact) mass is 530 g/mol. The lowest BCUT2D eigenvalue weighted by Crippen LogP contribution is -2.08. The highest BCUT2D eigenvalue weighted by atomic mass is 79.9. The van der Waals surface area contributed by atoms with Gasteiger partial charge in [0, 0.05) is 45.4 Å². The van der Waals surface area contributed by atoms with Gasteiger partial charge in [-0.2, -0.15) is 10.5 Å². The molecule has 170 valence electrons. The number of halogens is 1. The standard InChI is InChI=1S/C24H11BrN4O6/c25-21-4-2-1-3-13(21)12-35-24(30)20-9-16(29(33)34)8-19-22(14(10-26)11-27)18-7-15(28(31)32)5-6-17(18)23(19)20/h1-9H,12H2. The van der Waals surface area contributed by atoms with E-state index in [9.17, 15) is 35.5 Å². The number of benzene rings is 3. The number of rotatable bonds is 5. The Bertz CT molecular complexity index is 1550. The number of nitro groups is 2. The average Bonchev–Trinajstić information content (AvgIpc) is 3.17. The molecule has 0 spiro atoms. The van der Waals surface area contributed by atoms with Crippen molar-refractivity contribution in [1.82, 2.24) is 0 Å². The molecule has 11 heteroatoms. The first kappa shape index (κ1) is 23.3. The third-order valence-electron chi connectivity index (χ3n) is 5.37. The highest BCUT2D eigenvalue weighted by Gasteiger charge is 2.35. The van der Waals surface area contributed by atoms with Crippen LogP contribution in [0.2, 0.25) is 0 Å². The summed E-state index contributed by atoms with van der Waals surface area (Å²) in [6.45, 7) is -0.130. The second-order valence-electron chi connectivity index (χ2n) is 7.30. The highest BCUT2D eigenvalue weighted by molar-refractivity contribution is 9.10. The van der Waals surface area contributed by atoms with Crippen molar-refractivity contribution in [3.63, 3.8) is 0 Å². The van der Waals surface area contributed by atoms with Gasteiger partial charge >= 0.3 is 5.97 Å². The molecule has 3 aromatic carbocycles. The van der Waals surface area contributed by atoms with Crippen molar-refractivity contribution >= 4 is 38.8 Å². The van der Waals surface area contributed by atoms with Gasteiger partial charge in [0.1, 0.15) is 24.3 Å². The summed E-state index contributed by atoms with van der Waals surface area (Å²) in [5, 5.41) is 42.0. The van der Waals surface area contributed by atoms with Crippen molar-refractivity contribution in [1.29, 1.82) is 10.5 Å². The Morgan fingerprint density at radius 1 is 0.914 bits per heavy atom. The van der Waals surface area contributed by atoms with Gasteiger partial charge in [0.05, 0.1) is 15.4 Å². The summed E-state index contributed by atoms with van der Waals surface area (Å²) in [6, 6.07) is 16.4. The molecular formula is C24H11BrN4O6. The van der Waals surface area contributed by atoms with Crippen LogP contribution in [0.5, 0.6) is 0 Å². The fourth-order valence-corrected chi connectivity index (χ4v) is 4.24. The summed E-state index contributed by atoms with van der Waals surface area (Å²) in [5.74, 6) is -0.873. The zero-order valence-corrected chi connectivity index (χ0v) is 19.1. The van der Waals surface area contributed by atoms with E-state index in [1.807, 2.05) is 0 Å². The van der Waals surface area contributed by atoms with Crippen molar-refractivity contribution in [2.45, 2.75) is 6.61 Å². The summed E-state index contributed by atoms with van der Waals surface area (Å²) >= 11 is 3.36. The number of esters is 1. The molecule has 3 aromatic rings. The summed E-state index contributed by atoms with van der Waals surface area (Å²) in [4.78, 5) is 34.8. The van der Waals surface area contributed by atoms with Crippen LogP contribution in [0.1, 0.15) is 27.0 Å². The number of nitro benzene ring substituents is 2. The summed E-state index contributed by atoms with van der Waals surface area (Å²) in [5.41, 5.74) is 0.0156. The van der Waals surface area contributed by atoms with Crippen LogP contribution in [0.25, 0.3) is 16.7 Å². The lowest BCUT2D eigenvalue weighted by molar-refractivity contribution is -0.385. The predicted octanol–water partition coefficient (Wildman–Crippen LogP) is 5.45. The Kier molecular flexibility index (Phi) is 6.10. The average molecular weight is 531 g/mol. The summed E-state index contributed by atoms with van der Waals surface area (Å²) in [6.07, 6.45) is 0. The minimum atomic E-state index is -0.873. The molecule has 0 unspecified atom stereocenters. The van der Waals surface area contributed by atoms with E-state index < -0.39 is 27.1 Å². The molecule has 0 atom stereocenters. The van der Waals surface area contributed by atoms with Gasteiger partial charge in [-0.05, 0) is 28.8 Å². The van der Waals surface area contributed by atoms with Crippen LogP contribution in [0.15, 0.2) is 64.6 Å². The Morgan fingerprint density at radius 2 is 1.57 bits per heavy atom. The van der Waals surface area contributed by atoms with E-state index in [0.29, 0.717) is 15.6 Å². The molecule has 0 heterocycles. The molecule has 0 saturated carbocycles. The van der Waals surface area contributed by atoms with Crippen LogP contribution in [0, 0.1) is 42.9 Å². The van der Waals surface area contributed by atoms with Crippen molar-refractivity contribution in [2.75, 3.05) is 0 Å². The third kappa shape index (κ3) is 4.12. The SMILES string of the molecule is N#CC(C#N)=C1c2cc([N+](=O)[O-])ccc2-c2c(C(=O)OCc3ccccc3Br)cc([N+](=O)[O-])cc21. The molecule has 0 fully saturated rings.